The van der Waals surface area contributed by atoms with Gasteiger partial charge in [-0.3, -0.25) is 4.79 Å². The van der Waals surface area contributed by atoms with E-state index in [-0.39, 0.29) is 5.91 Å². The summed E-state index contributed by atoms with van der Waals surface area (Å²) in [6.07, 6.45) is 1.97. The zero-order chi connectivity index (χ0) is 17.5. The highest BCUT2D eigenvalue weighted by Crippen LogP contribution is 2.15. The predicted molar refractivity (Wildman–Crippen MR) is 91.8 cm³/mol. The molecule has 25 heavy (non-hydrogen) atoms. The number of aromatic nitrogens is 4. The summed E-state index contributed by atoms with van der Waals surface area (Å²) in [5.74, 6) is 0.618. The Labute approximate surface area is 145 Å². The first-order valence-corrected chi connectivity index (χ1v) is 7.93. The fourth-order valence-electron chi connectivity index (χ4n) is 2.54. The van der Waals surface area contributed by atoms with Crippen molar-refractivity contribution in [2.45, 2.75) is 19.0 Å². The molecule has 0 aliphatic carbocycles. The molecule has 0 radical (unpaired) electrons. The molecule has 7 heteroatoms. The van der Waals surface area contributed by atoms with E-state index >= 15 is 0 Å². The quantitative estimate of drug-likeness (QED) is 0.711. The molecule has 1 aromatic heterocycles. The van der Waals surface area contributed by atoms with Gasteiger partial charge >= 0.3 is 0 Å². The van der Waals surface area contributed by atoms with E-state index in [1.54, 1.807) is 7.11 Å². The standard InChI is InChI=1S/C18H19N5O2/c1-25-16-9-5-8-15(10-16)12-19-18(24)17(23-13-20-21-22-23)11-14-6-3-2-4-7-14/h2-10,13,17H,11-12H2,1H3,(H,19,24). The second-order valence-corrected chi connectivity index (χ2v) is 5.56. The lowest BCUT2D eigenvalue weighted by molar-refractivity contribution is -0.124. The molecule has 1 unspecified atom stereocenters. The Morgan fingerprint density at radius 3 is 2.68 bits per heavy atom. The second kappa shape index (κ2) is 8.05. The summed E-state index contributed by atoms with van der Waals surface area (Å²) in [6.45, 7) is 0.406. The largest absolute Gasteiger partial charge is 0.497 e. The van der Waals surface area contributed by atoms with Gasteiger partial charge in [-0.25, -0.2) is 4.68 Å². The van der Waals surface area contributed by atoms with Crippen molar-refractivity contribution in [1.29, 1.82) is 0 Å². The lowest BCUT2D eigenvalue weighted by atomic mass is 10.1. The van der Waals surface area contributed by atoms with Crippen LogP contribution in [0.25, 0.3) is 0 Å². The van der Waals surface area contributed by atoms with Crippen molar-refractivity contribution < 1.29 is 9.53 Å². The maximum atomic E-state index is 12.7. The SMILES string of the molecule is COc1cccc(CNC(=O)C(Cc2ccccc2)n2cnnn2)c1. The molecule has 3 aromatic rings. The number of carbonyl (C=O) groups is 1. The van der Waals surface area contributed by atoms with Gasteiger partial charge in [0.25, 0.3) is 0 Å². The van der Waals surface area contributed by atoms with Gasteiger partial charge in [-0.2, -0.15) is 0 Å². The third-order valence-electron chi connectivity index (χ3n) is 3.86. The number of hydrogen-bond donors (Lipinski definition) is 1. The number of hydrogen-bond acceptors (Lipinski definition) is 5. The molecule has 0 spiro atoms. The minimum Gasteiger partial charge on any atom is -0.497 e. The summed E-state index contributed by atoms with van der Waals surface area (Å²) in [7, 11) is 1.62. The molecule has 0 saturated carbocycles. The van der Waals surface area contributed by atoms with Gasteiger partial charge in [-0.15, -0.1) is 5.10 Å². The van der Waals surface area contributed by atoms with E-state index in [1.165, 1.54) is 11.0 Å². The average Bonchev–Trinajstić information content (AvgIpc) is 3.19. The zero-order valence-corrected chi connectivity index (χ0v) is 13.9. The molecule has 1 atom stereocenters. The van der Waals surface area contributed by atoms with Crippen LogP contribution < -0.4 is 10.1 Å². The molecule has 1 amide bonds. The van der Waals surface area contributed by atoms with Crippen LogP contribution >= 0.6 is 0 Å². The van der Waals surface area contributed by atoms with E-state index in [9.17, 15) is 4.79 Å². The molecule has 2 aromatic carbocycles. The molecule has 0 saturated heterocycles. The van der Waals surface area contributed by atoms with Gasteiger partial charge in [0, 0.05) is 13.0 Å². The number of amides is 1. The van der Waals surface area contributed by atoms with Crippen molar-refractivity contribution in [2.24, 2.45) is 0 Å². The molecule has 1 heterocycles. The lowest BCUT2D eigenvalue weighted by Gasteiger charge is -2.16. The van der Waals surface area contributed by atoms with Crippen LogP contribution in [0, 0.1) is 0 Å². The fourth-order valence-corrected chi connectivity index (χ4v) is 2.54. The van der Waals surface area contributed by atoms with Crippen LogP contribution in [0.3, 0.4) is 0 Å². The Hall–Kier alpha value is -3.22. The number of ether oxygens (including phenoxy) is 1. The molecular formula is C18H19N5O2. The Morgan fingerprint density at radius 1 is 1.16 bits per heavy atom. The number of benzene rings is 2. The molecule has 0 aliphatic heterocycles. The molecule has 7 nitrogen and oxygen atoms in total. The molecule has 0 aliphatic rings. The minimum absolute atomic E-state index is 0.140. The average molecular weight is 337 g/mol. The summed E-state index contributed by atoms with van der Waals surface area (Å²) in [5.41, 5.74) is 2.00. The van der Waals surface area contributed by atoms with Gasteiger partial charge in [0.1, 0.15) is 18.1 Å². The topological polar surface area (TPSA) is 81.9 Å². The third-order valence-corrected chi connectivity index (χ3v) is 3.86. The van der Waals surface area contributed by atoms with Gasteiger partial charge in [0.2, 0.25) is 5.91 Å². The maximum Gasteiger partial charge on any atom is 0.245 e. The van der Waals surface area contributed by atoms with Crippen LogP contribution in [0.15, 0.2) is 60.9 Å². The van der Waals surface area contributed by atoms with E-state index in [2.05, 4.69) is 20.8 Å². The second-order valence-electron chi connectivity index (χ2n) is 5.56. The van der Waals surface area contributed by atoms with E-state index in [0.717, 1.165) is 16.9 Å². The van der Waals surface area contributed by atoms with Crippen LogP contribution in [-0.4, -0.2) is 33.2 Å². The molecule has 0 bridgehead atoms. The number of carbonyl (C=O) groups excluding carboxylic acids is 1. The number of methoxy groups -OCH3 is 1. The van der Waals surface area contributed by atoms with Crippen molar-refractivity contribution in [3.63, 3.8) is 0 Å². The van der Waals surface area contributed by atoms with Crippen molar-refractivity contribution in [2.75, 3.05) is 7.11 Å². The Bertz CT molecular complexity index is 805. The highest BCUT2D eigenvalue weighted by Gasteiger charge is 2.22. The van der Waals surface area contributed by atoms with Crippen molar-refractivity contribution in [3.05, 3.63) is 72.1 Å². The van der Waals surface area contributed by atoms with Gasteiger partial charge in [-0.05, 0) is 33.7 Å². The zero-order valence-electron chi connectivity index (χ0n) is 13.9. The number of nitrogens with zero attached hydrogens (tertiary/aromatic N) is 4. The summed E-state index contributed by atoms with van der Waals surface area (Å²) in [4.78, 5) is 12.7. The first kappa shape index (κ1) is 16.6. The van der Waals surface area contributed by atoms with Gasteiger partial charge in [0.15, 0.2) is 0 Å². The Kier molecular flexibility index (Phi) is 5.36. The minimum atomic E-state index is -0.511. The summed E-state index contributed by atoms with van der Waals surface area (Å²) < 4.78 is 6.68. The molecular weight excluding hydrogens is 318 g/mol. The van der Waals surface area contributed by atoms with Crippen LogP contribution in [0.2, 0.25) is 0 Å². The van der Waals surface area contributed by atoms with Crippen LogP contribution in [0.1, 0.15) is 17.2 Å². The first-order chi connectivity index (χ1) is 12.3. The molecule has 3 rings (SSSR count). The van der Waals surface area contributed by atoms with Crippen LogP contribution in [0.5, 0.6) is 5.75 Å². The summed E-state index contributed by atoms with van der Waals surface area (Å²) in [6, 6.07) is 16.9. The van der Waals surface area contributed by atoms with Gasteiger partial charge in [-0.1, -0.05) is 42.5 Å². The van der Waals surface area contributed by atoms with Crippen LogP contribution in [0.4, 0.5) is 0 Å². The smallest absolute Gasteiger partial charge is 0.245 e. The summed E-state index contributed by atoms with van der Waals surface area (Å²) >= 11 is 0. The van der Waals surface area contributed by atoms with E-state index in [0.29, 0.717) is 13.0 Å². The predicted octanol–water partition coefficient (Wildman–Crippen LogP) is 1.78. The van der Waals surface area contributed by atoms with E-state index < -0.39 is 6.04 Å². The number of nitrogens with one attached hydrogen (secondary N) is 1. The van der Waals surface area contributed by atoms with E-state index in [1.807, 2.05) is 54.6 Å². The normalized spacial score (nSPS) is 11.7. The monoisotopic (exact) mass is 337 g/mol. The van der Waals surface area contributed by atoms with E-state index in [4.69, 9.17) is 4.74 Å². The first-order valence-electron chi connectivity index (χ1n) is 7.93. The molecule has 128 valence electrons. The highest BCUT2D eigenvalue weighted by molar-refractivity contribution is 5.80. The number of rotatable bonds is 7. The summed E-state index contributed by atoms with van der Waals surface area (Å²) in [5, 5.41) is 14.1. The Morgan fingerprint density at radius 2 is 1.96 bits per heavy atom. The van der Waals surface area contributed by atoms with Crippen molar-refractivity contribution in [1.82, 2.24) is 25.5 Å². The van der Waals surface area contributed by atoms with Gasteiger partial charge < -0.3 is 10.1 Å². The third kappa shape index (κ3) is 4.41. The van der Waals surface area contributed by atoms with Crippen molar-refractivity contribution >= 4 is 5.91 Å². The highest BCUT2D eigenvalue weighted by atomic mass is 16.5. The molecule has 1 N–H and O–H groups in total. The lowest BCUT2D eigenvalue weighted by Crippen LogP contribution is -2.34. The van der Waals surface area contributed by atoms with Crippen LogP contribution in [-0.2, 0) is 17.8 Å². The van der Waals surface area contributed by atoms with Gasteiger partial charge in [0.05, 0.1) is 7.11 Å². The number of tetrazole rings is 1. The molecule has 0 fully saturated rings. The van der Waals surface area contributed by atoms with Crippen molar-refractivity contribution in [3.8, 4) is 5.75 Å². The Balaban J connectivity index is 1.70. The fraction of sp³-hybridized carbons (Fsp3) is 0.222. The maximum absolute atomic E-state index is 12.7.